The first-order valence-corrected chi connectivity index (χ1v) is 20.9. The van der Waals surface area contributed by atoms with Crippen molar-refractivity contribution in [1.82, 2.24) is 9.97 Å². The molecule has 0 saturated heterocycles. The lowest BCUT2D eigenvalue weighted by atomic mass is 9.83. The summed E-state index contributed by atoms with van der Waals surface area (Å²) in [5.41, 5.74) is 2.80. The summed E-state index contributed by atoms with van der Waals surface area (Å²) in [6, 6.07) is 6.42. The number of ether oxygens (including phenoxy) is 5. The number of nitrogens with zero attached hydrogens (tertiary/aromatic N) is 2. The lowest BCUT2D eigenvalue weighted by Crippen LogP contribution is -2.37. The van der Waals surface area contributed by atoms with Gasteiger partial charge in [-0.05, 0) is 119 Å². The summed E-state index contributed by atoms with van der Waals surface area (Å²) in [5, 5.41) is 0. The third-order valence-corrected chi connectivity index (χ3v) is 11.5. The van der Waals surface area contributed by atoms with E-state index in [0.717, 1.165) is 65.5 Å². The van der Waals surface area contributed by atoms with Crippen LogP contribution < -0.4 is 9.47 Å². The number of carbonyl (C=O) groups excluding carboxylic acids is 3. The predicted molar refractivity (Wildman–Crippen MR) is 222 cm³/mol. The molecule has 2 aromatic heterocycles. The molecular formula is C47H66N2O8. The summed E-state index contributed by atoms with van der Waals surface area (Å²) in [6.45, 7) is 18.6. The van der Waals surface area contributed by atoms with Gasteiger partial charge in [0.15, 0.2) is 0 Å². The molecule has 0 spiro atoms. The van der Waals surface area contributed by atoms with Gasteiger partial charge < -0.3 is 23.7 Å². The summed E-state index contributed by atoms with van der Waals surface area (Å²) in [4.78, 5) is 46.7. The fraction of sp³-hybridized carbons (Fsp3) is 0.596. The first-order valence-electron chi connectivity index (χ1n) is 20.9. The number of esters is 2. The van der Waals surface area contributed by atoms with Gasteiger partial charge in [0.2, 0.25) is 0 Å². The van der Waals surface area contributed by atoms with Gasteiger partial charge in [0.25, 0.3) is 0 Å². The van der Waals surface area contributed by atoms with E-state index >= 15 is 0 Å². The number of benzene rings is 1. The predicted octanol–water partition coefficient (Wildman–Crippen LogP) is 11.2. The molecule has 4 rings (SSSR count). The molecule has 0 saturated carbocycles. The highest BCUT2D eigenvalue weighted by molar-refractivity contribution is 5.89. The van der Waals surface area contributed by atoms with E-state index in [1.165, 1.54) is 57.3 Å². The molecule has 1 aliphatic rings. The van der Waals surface area contributed by atoms with Crippen LogP contribution in [0.2, 0.25) is 0 Å². The van der Waals surface area contributed by atoms with Crippen LogP contribution >= 0.6 is 0 Å². The van der Waals surface area contributed by atoms with Gasteiger partial charge in [-0.3, -0.25) is 9.97 Å². The van der Waals surface area contributed by atoms with E-state index in [4.69, 9.17) is 23.7 Å². The van der Waals surface area contributed by atoms with E-state index in [0.29, 0.717) is 11.7 Å². The Morgan fingerprint density at radius 2 is 1.28 bits per heavy atom. The Hall–Kier alpha value is -4.47. The van der Waals surface area contributed by atoms with Crippen molar-refractivity contribution in [3.63, 3.8) is 0 Å². The van der Waals surface area contributed by atoms with Crippen LogP contribution in [-0.4, -0.2) is 53.5 Å². The summed E-state index contributed by atoms with van der Waals surface area (Å²) >= 11 is 0. The van der Waals surface area contributed by atoms with Gasteiger partial charge in [-0.15, -0.1) is 0 Å². The zero-order valence-electron chi connectivity index (χ0n) is 35.9. The number of carbonyl (C=O) groups is 3. The Bertz CT molecular complexity index is 1710. The number of fused-ring (bicyclic) bond motifs is 1. The van der Waals surface area contributed by atoms with E-state index in [1.54, 1.807) is 43.6 Å². The van der Waals surface area contributed by atoms with Crippen molar-refractivity contribution < 1.29 is 38.1 Å². The lowest BCUT2D eigenvalue weighted by molar-refractivity contribution is -0.0284. The van der Waals surface area contributed by atoms with Gasteiger partial charge in [-0.2, -0.15) is 0 Å². The van der Waals surface area contributed by atoms with E-state index < -0.39 is 23.5 Å². The SMILES string of the molecule is Cc1c(C)c2c(c(C)c1OC(=O)OCC(C)(COC(=O)c1cccnc1)COC(=O)c1cccnc1)CCC(C)(CCCC(C)CCCC(C)CCCC(C)C)O2. The van der Waals surface area contributed by atoms with E-state index in [9.17, 15) is 14.4 Å². The minimum Gasteiger partial charge on any atom is -0.487 e. The molecular weight excluding hydrogens is 721 g/mol. The maximum atomic E-state index is 13.3. The molecule has 1 aliphatic heterocycles. The summed E-state index contributed by atoms with van der Waals surface area (Å²) in [7, 11) is 0. The van der Waals surface area contributed by atoms with Gasteiger partial charge >= 0.3 is 18.1 Å². The number of hydrogen-bond acceptors (Lipinski definition) is 10. The molecule has 0 fully saturated rings. The smallest absolute Gasteiger partial charge is 0.487 e. The third-order valence-electron chi connectivity index (χ3n) is 11.5. The molecule has 0 bridgehead atoms. The monoisotopic (exact) mass is 786 g/mol. The number of aromatic nitrogens is 2. The summed E-state index contributed by atoms with van der Waals surface area (Å²) in [5.74, 6) is 2.44. The molecule has 312 valence electrons. The fourth-order valence-corrected chi connectivity index (χ4v) is 7.50. The van der Waals surface area contributed by atoms with E-state index in [-0.39, 0.29) is 36.5 Å². The minimum atomic E-state index is -1.10. The Balaban J connectivity index is 1.33. The van der Waals surface area contributed by atoms with Crippen molar-refractivity contribution in [1.29, 1.82) is 0 Å². The first-order chi connectivity index (χ1) is 27.1. The van der Waals surface area contributed by atoms with Gasteiger partial charge in [0, 0.05) is 30.4 Å². The molecule has 57 heavy (non-hydrogen) atoms. The Morgan fingerprint density at radius 3 is 1.81 bits per heavy atom. The maximum absolute atomic E-state index is 13.3. The zero-order valence-corrected chi connectivity index (χ0v) is 35.9. The Kier molecular flexibility index (Phi) is 16.9. The van der Waals surface area contributed by atoms with Gasteiger partial charge in [-0.1, -0.05) is 72.6 Å². The second kappa shape index (κ2) is 21.3. The van der Waals surface area contributed by atoms with Crippen molar-refractivity contribution in [2.24, 2.45) is 23.2 Å². The second-order valence-corrected chi connectivity index (χ2v) is 17.5. The van der Waals surface area contributed by atoms with Crippen molar-refractivity contribution in [2.75, 3.05) is 19.8 Å². The topological polar surface area (TPSA) is 123 Å². The lowest BCUT2D eigenvalue weighted by Gasteiger charge is -2.38. The van der Waals surface area contributed by atoms with Crippen LogP contribution in [0.25, 0.3) is 0 Å². The van der Waals surface area contributed by atoms with Crippen LogP contribution in [0, 0.1) is 43.9 Å². The average Bonchev–Trinajstić information content (AvgIpc) is 3.19. The van der Waals surface area contributed by atoms with E-state index in [2.05, 4.69) is 44.6 Å². The molecule has 10 heteroatoms. The van der Waals surface area contributed by atoms with Gasteiger partial charge in [0.1, 0.15) is 36.9 Å². The fourth-order valence-electron chi connectivity index (χ4n) is 7.50. The van der Waals surface area contributed by atoms with Gasteiger partial charge in [0.05, 0.1) is 16.5 Å². The number of pyridine rings is 2. The average molecular weight is 787 g/mol. The van der Waals surface area contributed by atoms with E-state index in [1.807, 2.05) is 20.8 Å². The van der Waals surface area contributed by atoms with Crippen molar-refractivity contribution in [3.8, 4) is 11.5 Å². The minimum absolute atomic E-state index is 0.211. The molecule has 0 aliphatic carbocycles. The standard InChI is InChI=1S/C47H66N2O8/c1-32(2)15-10-16-33(3)17-11-18-34(4)19-12-23-47(9)24-22-40-37(7)41(35(5)36(6)42(40)57-47)56-45(52)55-31-46(8,29-53-43(50)38-20-13-25-48-27-38)30-54-44(51)39-21-14-26-49-28-39/h13-14,20-21,25-28,32-34H,10-12,15-19,22-24,29-31H2,1-9H3. The molecule has 3 aromatic rings. The first kappa shape index (κ1) is 45.2. The number of hydrogen-bond donors (Lipinski definition) is 0. The molecule has 0 N–H and O–H groups in total. The highest BCUT2D eigenvalue weighted by atomic mass is 16.7. The highest BCUT2D eigenvalue weighted by Gasteiger charge is 2.36. The van der Waals surface area contributed by atoms with Crippen molar-refractivity contribution >= 4 is 18.1 Å². The molecule has 3 atom stereocenters. The van der Waals surface area contributed by atoms with Crippen LogP contribution in [0.5, 0.6) is 11.5 Å². The normalized spacial score (nSPS) is 16.2. The molecule has 3 heterocycles. The molecule has 1 aromatic carbocycles. The Morgan fingerprint density at radius 1 is 0.754 bits per heavy atom. The summed E-state index contributed by atoms with van der Waals surface area (Å²) in [6.07, 6.45) is 18.0. The molecule has 10 nitrogen and oxygen atoms in total. The van der Waals surface area contributed by atoms with Crippen LogP contribution in [0.3, 0.4) is 0 Å². The molecule has 0 amide bonds. The van der Waals surface area contributed by atoms with Gasteiger partial charge in [-0.25, -0.2) is 14.4 Å². The van der Waals surface area contributed by atoms with Crippen LogP contribution in [0.1, 0.15) is 149 Å². The zero-order chi connectivity index (χ0) is 41.6. The van der Waals surface area contributed by atoms with Crippen LogP contribution in [-0.2, 0) is 20.6 Å². The molecule has 3 unspecified atom stereocenters. The number of rotatable bonds is 21. The van der Waals surface area contributed by atoms with Crippen LogP contribution in [0.15, 0.2) is 49.1 Å². The largest absolute Gasteiger partial charge is 0.513 e. The quantitative estimate of drug-likeness (QED) is 0.0585. The van der Waals surface area contributed by atoms with Crippen molar-refractivity contribution in [2.45, 2.75) is 139 Å². The van der Waals surface area contributed by atoms with Crippen LogP contribution in [0.4, 0.5) is 4.79 Å². The second-order valence-electron chi connectivity index (χ2n) is 17.5. The highest BCUT2D eigenvalue weighted by Crippen LogP contribution is 2.45. The molecule has 0 radical (unpaired) electrons. The maximum Gasteiger partial charge on any atom is 0.513 e. The third kappa shape index (κ3) is 13.9. The Labute approximate surface area is 340 Å². The summed E-state index contributed by atoms with van der Waals surface area (Å²) < 4.78 is 29.4. The van der Waals surface area contributed by atoms with Crippen molar-refractivity contribution in [3.05, 3.63) is 82.4 Å².